The van der Waals surface area contributed by atoms with Crippen LogP contribution in [0.5, 0.6) is 0 Å². The maximum absolute atomic E-state index is 10.3. The molecule has 0 aliphatic carbocycles. The number of carbonyl (C=O) groups excluding carboxylic acids is 1. The van der Waals surface area contributed by atoms with E-state index in [2.05, 4.69) is 5.16 Å². The van der Waals surface area contributed by atoms with Crippen LogP contribution in [0.15, 0.2) is 5.16 Å². The van der Waals surface area contributed by atoms with Gasteiger partial charge in [0.05, 0.1) is 0 Å². The number of hydrogen-bond acceptors (Lipinski definition) is 3. The maximum atomic E-state index is 10.3. The lowest BCUT2D eigenvalue weighted by Gasteiger charge is -2.12. The van der Waals surface area contributed by atoms with Crippen LogP contribution < -0.4 is 0 Å². The summed E-state index contributed by atoms with van der Waals surface area (Å²) in [6, 6.07) is 0. The van der Waals surface area contributed by atoms with Crippen molar-refractivity contribution in [3.05, 3.63) is 0 Å². The fourth-order valence-corrected chi connectivity index (χ4v) is 0.756. The topological polar surface area (TPSA) is 38.7 Å². The Balaban J connectivity index is 3.99. The van der Waals surface area contributed by atoms with Crippen LogP contribution in [0.25, 0.3) is 0 Å². The van der Waals surface area contributed by atoms with Gasteiger partial charge in [0.2, 0.25) is 0 Å². The van der Waals surface area contributed by atoms with E-state index < -0.39 is 8.32 Å². The van der Waals surface area contributed by atoms with Gasteiger partial charge in [-0.15, -0.1) is 5.16 Å². The molecule has 0 bridgehead atoms. The highest BCUT2D eigenvalue weighted by Crippen LogP contribution is 2.02. The highest BCUT2D eigenvalue weighted by molar-refractivity contribution is 6.69. The van der Waals surface area contributed by atoms with Crippen LogP contribution in [0.2, 0.25) is 19.6 Å². The predicted octanol–water partition coefficient (Wildman–Crippen LogP) is 1.80. The summed E-state index contributed by atoms with van der Waals surface area (Å²) in [6.45, 7) is 7.94. The summed E-state index contributed by atoms with van der Waals surface area (Å²) in [5.74, 6) is 0. The normalized spacial score (nSPS) is 12.9. The molecule has 0 rings (SSSR count). The third kappa shape index (κ3) is 5.78. The Bertz CT molecular complexity index is 160. The molecular weight excluding hydrogens is 158 g/mol. The van der Waals surface area contributed by atoms with E-state index in [1.807, 2.05) is 26.6 Å². The van der Waals surface area contributed by atoms with E-state index >= 15 is 0 Å². The first-order valence-corrected chi connectivity index (χ1v) is 7.10. The molecule has 0 aromatic rings. The second-order valence-electron chi connectivity index (χ2n) is 3.26. The summed E-state index contributed by atoms with van der Waals surface area (Å²) in [4.78, 5) is 10.3. The lowest BCUT2D eigenvalue weighted by atomic mass is 10.3. The Morgan fingerprint density at radius 3 is 2.36 bits per heavy atom. The molecule has 0 unspecified atom stereocenters. The average molecular weight is 173 g/mol. The zero-order valence-corrected chi connectivity index (χ0v) is 8.55. The van der Waals surface area contributed by atoms with E-state index in [1.54, 1.807) is 0 Å². The zero-order chi connectivity index (χ0) is 8.91. The summed E-state index contributed by atoms with van der Waals surface area (Å²) >= 11 is 0. The van der Waals surface area contributed by atoms with Gasteiger partial charge in [-0.2, -0.15) is 0 Å². The average Bonchev–Trinajstić information content (AvgIpc) is 1.88. The van der Waals surface area contributed by atoms with E-state index in [1.165, 1.54) is 0 Å². The molecule has 0 aromatic carbocycles. The van der Waals surface area contributed by atoms with Crippen molar-refractivity contribution in [1.29, 1.82) is 0 Å². The lowest BCUT2D eigenvalue weighted by Crippen LogP contribution is -2.23. The molecule has 0 heterocycles. The van der Waals surface area contributed by atoms with Crippen LogP contribution in [0.4, 0.5) is 0 Å². The summed E-state index contributed by atoms with van der Waals surface area (Å²) in [6.07, 6.45) is 1.37. The van der Waals surface area contributed by atoms with Gasteiger partial charge in [-0.05, 0) is 26.1 Å². The number of nitrogens with zero attached hydrogens (tertiary/aromatic N) is 1. The van der Waals surface area contributed by atoms with Crippen molar-refractivity contribution < 1.29 is 9.32 Å². The summed E-state index contributed by atoms with van der Waals surface area (Å²) in [5.41, 5.74) is 0.479. The minimum absolute atomic E-state index is 0.479. The monoisotopic (exact) mass is 173 g/mol. The van der Waals surface area contributed by atoms with Crippen molar-refractivity contribution in [2.45, 2.75) is 33.0 Å². The van der Waals surface area contributed by atoms with Gasteiger partial charge in [0, 0.05) is 0 Å². The largest absolute Gasteiger partial charge is 0.455 e. The first-order valence-electron chi connectivity index (χ1n) is 3.70. The van der Waals surface area contributed by atoms with E-state index in [9.17, 15) is 4.79 Å². The molecule has 0 saturated heterocycles. The highest BCUT2D eigenvalue weighted by Gasteiger charge is 2.15. The van der Waals surface area contributed by atoms with Crippen LogP contribution in [-0.4, -0.2) is 20.3 Å². The molecule has 0 aliphatic heterocycles. The molecule has 0 aliphatic rings. The molecule has 4 heteroatoms. The molecule has 64 valence electrons. The summed E-state index contributed by atoms with van der Waals surface area (Å²) in [5, 5.41) is 3.74. The van der Waals surface area contributed by atoms with Crippen molar-refractivity contribution in [3.8, 4) is 0 Å². The third-order valence-corrected chi connectivity index (χ3v) is 1.57. The summed E-state index contributed by atoms with van der Waals surface area (Å²) < 4.78 is 5.17. The fourth-order valence-electron chi connectivity index (χ4n) is 0.365. The minimum Gasteiger partial charge on any atom is -0.455 e. The fraction of sp³-hybridized carbons (Fsp3) is 0.714. The quantitative estimate of drug-likeness (QED) is 0.281. The molecule has 3 nitrogen and oxygen atoms in total. The van der Waals surface area contributed by atoms with E-state index in [0.29, 0.717) is 12.1 Å². The smallest absolute Gasteiger partial charge is 0.278 e. The predicted molar refractivity (Wildman–Crippen MR) is 48.2 cm³/mol. The van der Waals surface area contributed by atoms with Crippen molar-refractivity contribution in [3.63, 3.8) is 0 Å². The standard InChI is InChI=1S/C7H15NO2Si/c1-5-7(6-9)8-10-11(2,3)4/h6H,5H2,1-4H3. The number of carbonyl (C=O) groups is 1. The van der Waals surface area contributed by atoms with Gasteiger partial charge in [-0.25, -0.2) is 0 Å². The lowest BCUT2D eigenvalue weighted by molar-refractivity contribution is -0.102. The van der Waals surface area contributed by atoms with Crippen molar-refractivity contribution in [2.24, 2.45) is 5.16 Å². The van der Waals surface area contributed by atoms with Gasteiger partial charge in [0.1, 0.15) is 5.71 Å². The van der Waals surface area contributed by atoms with Crippen LogP contribution in [-0.2, 0) is 9.32 Å². The molecule has 0 N–H and O–H groups in total. The van der Waals surface area contributed by atoms with Crippen LogP contribution in [0.1, 0.15) is 13.3 Å². The van der Waals surface area contributed by atoms with Crippen LogP contribution in [0.3, 0.4) is 0 Å². The molecule has 0 amide bonds. The van der Waals surface area contributed by atoms with Crippen molar-refractivity contribution >= 4 is 20.3 Å². The number of oxime groups is 1. The van der Waals surface area contributed by atoms with E-state index in [4.69, 9.17) is 4.53 Å². The van der Waals surface area contributed by atoms with Gasteiger partial charge in [-0.1, -0.05) is 6.92 Å². The second-order valence-corrected chi connectivity index (χ2v) is 7.67. The third-order valence-electron chi connectivity index (χ3n) is 0.935. The van der Waals surface area contributed by atoms with Gasteiger partial charge in [-0.3, -0.25) is 4.79 Å². The van der Waals surface area contributed by atoms with Crippen LogP contribution in [0, 0.1) is 0 Å². The Labute approximate surface area is 68.6 Å². The molecule has 0 aromatic heterocycles. The number of hydrogen-bond donors (Lipinski definition) is 0. The Hall–Kier alpha value is -0.643. The Morgan fingerprint density at radius 2 is 2.09 bits per heavy atom. The first kappa shape index (κ1) is 10.4. The van der Waals surface area contributed by atoms with Gasteiger partial charge in [0.25, 0.3) is 8.32 Å². The van der Waals surface area contributed by atoms with Crippen LogP contribution >= 0.6 is 0 Å². The Morgan fingerprint density at radius 1 is 1.55 bits per heavy atom. The zero-order valence-electron chi connectivity index (χ0n) is 7.55. The SMILES string of the molecule is CCC(C=O)=NO[Si](C)(C)C. The molecule has 0 saturated carbocycles. The van der Waals surface area contributed by atoms with Gasteiger partial charge in [0.15, 0.2) is 6.29 Å². The molecule has 0 fully saturated rings. The molecular formula is C7H15NO2Si. The summed E-state index contributed by atoms with van der Waals surface area (Å²) in [7, 11) is -1.60. The first-order chi connectivity index (χ1) is 4.99. The van der Waals surface area contributed by atoms with Crippen molar-refractivity contribution in [2.75, 3.05) is 0 Å². The second kappa shape index (κ2) is 4.28. The minimum atomic E-state index is -1.60. The van der Waals surface area contributed by atoms with Gasteiger partial charge < -0.3 is 4.53 Å². The van der Waals surface area contributed by atoms with E-state index in [-0.39, 0.29) is 0 Å². The molecule has 0 spiro atoms. The van der Waals surface area contributed by atoms with Gasteiger partial charge >= 0.3 is 0 Å². The van der Waals surface area contributed by atoms with Crippen molar-refractivity contribution in [1.82, 2.24) is 0 Å². The maximum Gasteiger partial charge on any atom is 0.278 e. The molecule has 11 heavy (non-hydrogen) atoms. The highest BCUT2D eigenvalue weighted by atomic mass is 28.4. The number of aldehydes is 1. The molecule has 0 radical (unpaired) electrons. The Kier molecular flexibility index (Phi) is 4.03. The van der Waals surface area contributed by atoms with E-state index in [0.717, 1.165) is 6.29 Å². The molecule has 0 atom stereocenters. The number of rotatable bonds is 4.